The maximum atomic E-state index is 14.3. The summed E-state index contributed by atoms with van der Waals surface area (Å²) in [4.78, 5) is 4.48. The van der Waals surface area contributed by atoms with Gasteiger partial charge in [-0.2, -0.15) is 4.98 Å². The van der Waals surface area contributed by atoms with Gasteiger partial charge >= 0.3 is 0 Å². The van der Waals surface area contributed by atoms with E-state index in [1.807, 2.05) is 41.8 Å². The number of hydrogen-bond acceptors (Lipinski definition) is 6. The van der Waals surface area contributed by atoms with E-state index in [-0.39, 0.29) is 5.82 Å². The topological polar surface area (TPSA) is 69.6 Å². The van der Waals surface area contributed by atoms with E-state index >= 15 is 0 Å². The molecule has 2 aromatic carbocycles. The number of aryl methyl sites for hydroxylation is 1. The van der Waals surface area contributed by atoms with Crippen LogP contribution in [0, 0.1) is 12.7 Å². The van der Waals surface area contributed by atoms with E-state index < -0.39 is 0 Å². The highest BCUT2D eigenvalue weighted by Gasteiger charge is 2.31. The van der Waals surface area contributed by atoms with Crippen LogP contribution >= 0.6 is 11.8 Å². The number of aromatic nitrogens is 5. The minimum absolute atomic E-state index is 0.294. The minimum atomic E-state index is -0.294. The monoisotopic (exact) mass is 407 g/mol. The number of rotatable bonds is 6. The van der Waals surface area contributed by atoms with Crippen LogP contribution in [0.4, 0.5) is 4.39 Å². The zero-order chi connectivity index (χ0) is 19.8. The van der Waals surface area contributed by atoms with Gasteiger partial charge in [-0.05, 0) is 31.9 Å². The molecule has 1 saturated carbocycles. The molecular weight excluding hydrogens is 389 g/mol. The van der Waals surface area contributed by atoms with E-state index in [1.54, 1.807) is 12.1 Å². The summed E-state index contributed by atoms with van der Waals surface area (Å²) >= 11 is 1.47. The first-order chi connectivity index (χ1) is 14.2. The highest BCUT2D eigenvalue weighted by atomic mass is 32.2. The summed E-state index contributed by atoms with van der Waals surface area (Å²) in [5.74, 6) is 1.83. The van der Waals surface area contributed by atoms with Gasteiger partial charge in [0.15, 0.2) is 11.0 Å². The fourth-order valence-electron chi connectivity index (χ4n) is 3.12. The van der Waals surface area contributed by atoms with Crippen LogP contribution in [-0.2, 0) is 5.75 Å². The van der Waals surface area contributed by atoms with Gasteiger partial charge in [-0.1, -0.05) is 58.9 Å². The first-order valence-corrected chi connectivity index (χ1v) is 10.4. The molecule has 1 aliphatic carbocycles. The molecular formula is C21H18FN5OS. The van der Waals surface area contributed by atoms with Crippen LogP contribution in [0.15, 0.2) is 58.2 Å². The Morgan fingerprint density at radius 1 is 1.10 bits per heavy atom. The molecule has 8 heteroatoms. The molecule has 0 radical (unpaired) electrons. The Morgan fingerprint density at radius 3 is 2.66 bits per heavy atom. The Labute approximate surface area is 171 Å². The largest absolute Gasteiger partial charge is 0.338 e. The summed E-state index contributed by atoms with van der Waals surface area (Å²) in [5, 5.41) is 13.4. The van der Waals surface area contributed by atoms with Gasteiger partial charge < -0.3 is 4.52 Å². The molecule has 0 bridgehead atoms. The normalized spacial score (nSPS) is 13.7. The van der Waals surface area contributed by atoms with Crippen molar-refractivity contribution < 1.29 is 8.91 Å². The molecule has 0 amide bonds. The molecule has 0 atom stereocenters. The highest BCUT2D eigenvalue weighted by Crippen LogP contribution is 2.41. The first kappa shape index (κ1) is 18.1. The van der Waals surface area contributed by atoms with Crippen LogP contribution in [0.2, 0.25) is 0 Å². The fraction of sp³-hybridized carbons (Fsp3) is 0.238. The van der Waals surface area contributed by atoms with E-state index in [0.717, 1.165) is 23.6 Å². The van der Waals surface area contributed by atoms with Gasteiger partial charge in [0.25, 0.3) is 0 Å². The molecule has 1 aliphatic rings. The average molecular weight is 407 g/mol. The van der Waals surface area contributed by atoms with Gasteiger partial charge in [0.1, 0.15) is 5.82 Å². The Balaban J connectivity index is 1.37. The lowest BCUT2D eigenvalue weighted by Gasteiger charge is -2.08. The lowest BCUT2D eigenvalue weighted by atomic mass is 10.1. The standard InChI is InChI=1S/C21H18FN5OS/c1-13-6-8-14(9-7-13)19-23-18(28-26-19)12-29-21-25-24-20(27(21)15-10-11-15)16-4-2-3-5-17(16)22/h2-9,15H,10-12H2,1H3. The van der Waals surface area contributed by atoms with Crippen molar-refractivity contribution in [3.63, 3.8) is 0 Å². The Kier molecular flexibility index (Phi) is 4.63. The molecule has 1 fully saturated rings. The third-order valence-corrected chi connectivity index (χ3v) is 5.72. The van der Waals surface area contributed by atoms with Crippen LogP contribution in [0.1, 0.15) is 30.3 Å². The van der Waals surface area contributed by atoms with E-state index in [1.165, 1.54) is 23.4 Å². The molecule has 5 rings (SSSR count). The summed E-state index contributed by atoms with van der Waals surface area (Å²) in [5.41, 5.74) is 2.56. The van der Waals surface area contributed by atoms with Gasteiger partial charge in [-0.3, -0.25) is 4.57 Å². The van der Waals surface area contributed by atoms with Crippen LogP contribution in [0.25, 0.3) is 22.8 Å². The van der Waals surface area contributed by atoms with E-state index in [0.29, 0.717) is 34.9 Å². The summed E-state index contributed by atoms with van der Waals surface area (Å²) < 4.78 is 21.7. The lowest BCUT2D eigenvalue weighted by Crippen LogP contribution is -2.01. The van der Waals surface area contributed by atoms with Crippen molar-refractivity contribution in [3.8, 4) is 22.8 Å². The molecule has 4 aromatic rings. The van der Waals surface area contributed by atoms with Gasteiger partial charge in [0.05, 0.1) is 11.3 Å². The number of hydrogen-bond donors (Lipinski definition) is 0. The predicted molar refractivity (Wildman–Crippen MR) is 108 cm³/mol. The number of benzene rings is 2. The molecule has 0 N–H and O–H groups in total. The van der Waals surface area contributed by atoms with E-state index in [9.17, 15) is 4.39 Å². The number of thioether (sulfide) groups is 1. The first-order valence-electron chi connectivity index (χ1n) is 9.41. The second-order valence-corrected chi connectivity index (χ2v) is 8.00. The maximum Gasteiger partial charge on any atom is 0.237 e. The molecule has 0 aliphatic heterocycles. The molecule has 0 unspecified atom stereocenters. The van der Waals surface area contributed by atoms with Gasteiger partial charge in [-0.15, -0.1) is 10.2 Å². The molecule has 2 aromatic heterocycles. The van der Waals surface area contributed by atoms with Crippen molar-refractivity contribution in [3.05, 3.63) is 65.8 Å². The van der Waals surface area contributed by atoms with Crippen molar-refractivity contribution >= 4 is 11.8 Å². The van der Waals surface area contributed by atoms with Crippen LogP contribution in [0.3, 0.4) is 0 Å². The van der Waals surface area contributed by atoms with E-state index in [4.69, 9.17) is 4.52 Å². The molecule has 146 valence electrons. The molecule has 6 nitrogen and oxygen atoms in total. The van der Waals surface area contributed by atoms with Crippen molar-refractivity contribution in [2.24, 2.45) is 0 Å². The van der Waals surface area contributed by atoms with E-state index in [2.05, 4.69) is 20.3 Å². The zero-order valence-corrected chi connectivity index (χ0v) is 16.6. The Morgan fingerprint density at radius 2 is 1.90 bits per heavy atom. The third-order valence-electron chi connectivity index (χ3n) is 4.79. The van der Waals surface area contributed by atoms with Crippen LogP contribution < -0.4 is 0 Å². The van der Waals surface area contributed by atoms with Gasteiger partial charge in [-0.25, -0.2) is 4.39 Å². The second kappa shape index (κ2) is 7.44. The fourth-order valence-corrected chi connectivity index (χ4v) is 3.97. The Bertz CT molecular complexity index is 1150. The van der Waals surface area contributed by atoms with Crippen molar-refractivity contribution in [1.82, 2.24) is 24.9 Å². The minimum Gasteiger partial charge on any atom is -0.338 e. The highest BCUT2D eigenvalue weighted by molar-refractivity contribution is 7.98. The Hall–Kier alpha value is -3.00. The molecule has 2 heterocycles. The molecule has 29 heavy (non-hydrogen) atoms. The van der Waals surface area contributed by atoms with Crippen molar-refractivity contribution in [2.45, 2.75) is 36.7 Å². The van der Waals surface area contributed by atoms with Crippen LogP contribution in [0.5, 0.6) is 0 Å². The average Bonchev–Trinajstić information content (AvgIpc) is 3.31. The van der Waals surface area contributed by atoms with Crippen LogP contribution in [-0.4, -0.2) is 24.9 Å². The predicted octanol–water partition coefficient (Wildman–Crippen LogP) is 5.07. The number of halogens is 1. The summed E-state index contributed by atoms with van der Waals surface area (Å²) in [6.45, 7) is 2.04. The quantitative estimate of drug-likeness (QED) is 0.416. The van der Waals surface area contributed by atoms with Crippen molar-refractivity contribution in [2.75, 3.05) is 0 Å². The van der Waals surface area contributed by atoms with Gasteiger partial charge in [0.2, 0.25) is 11.7 Å². The third kappa shape index (κ3) is 3.67. The smallest absolute Gasteiger partial charge is 0.237 e. The molecule has 0 saturated heterocycles. The summed E-state index contributed by atoms with van der Waals surface area (Å²) in [6.07, 6.45) is 2.09. The lowest BCUT2D eigenvalue weighted by molar-refractivity contribution is 0.391. The maximum absolute atomic E-state index is 14.3. The van der Waals surface area contributed by atoms with Gasteiger partial charge in [0, 0.05) is 11.6 Å². The molecule has 0 spiro atoms. The SMILES string of the molecule is Cc1ccc(-c2noc(CSc3nnc(-c4ccccc4F)n3C3CC3)n2)cc1. The number of nitrogens with zero attached hydrogens (tertiary/aromatic N) is 5. The second-order valence-electron chi connectivity index (χ2n) is 7.05. The zero-order valence-electron chi connectivity index (χ0n) is 15.7. The van der Waals surface area contributed by atoms with Crippen molar-refractivity contribution in [1.29, 1.82) is 0 Å². The summed E-state index contributed by atoms with van der Waals surface area (Å²) in [7, 11) is 0. The summed E-state index contributed by atoms with van der Waals surface area (Å²) in [6, 6.07) is 15.0.